The molecule has 2 aromatic carbocycles. The van der Waals surface area contributed by atoms with E-state index >= 15 is 0 Å². The van der Waals surface area contributed by atoms with E-state index in [9.17, 15) is 0 Å². The van der Waals surface area contributed by atoms with Crippen molar-refractivity contribution in [2.75, 3.05) is 57.7 Å². The molecule has 4 rings (SSSR count). The van der Waals surface area contributed by atoms with Gasteiger partial charge in [-0.2, -0.15) is 5.10 Å². The standard InChI is InChI=1S/C28H40ClN7/c1-35-28(20-27(34-35)25-7-9-26(29)10-8-25)33-21-23-5-2-6-24(19-23)22-36-17-4-13-31-15-14-30-11-3-12-32-16-18-36/h2,5-10,19-20,30-33H,3-4,11-18,21-22H2,1H3. The van der Waals surface area contributed by atoms with E-state index in [1.54, 1.807) is 0 Å². The minimum Gasteiger partial charge on any atom is -0.366 e. The SMILES string of the molecule is Cn1nc(-c2ccc(Cl)cc2)cc1NCc1cccc(CN2CCCNCCNCCCNCC2)c1. The Labute approximate surface area is 220 Å². The zero-order valence-corrected chi connectivity index (χ0v) is 22.2. The van der Waals surface area contributed by atoms with Gasteiger partial charge in [0.1, 0.15) is 5.82 Å². The van der Waals surface area contributed by atoms with E-state index < -0.39 is 0 Å². The lowest BCUT2D eigenvalue weighted by Gasteiger charge is -2.23. The summed E-state index contributed by atoms with van der Waals surface area (Å²) in [6.07, 6.45) is 2.34. The molecule has 4 N–H and O–H groups in total. The van der Waals surface area contributed by atoms with Crippen molar-refractivity contribution in [1.29, 1.82) is 0 Å². The molecule has 36 heavy (non-hydrogen) atoms. The van der Waals surface area contributed by atoms with E-state index in [0.29, 0.717) is 0 Å². The van der Waals surface area contributed by atoms with Gasteiger partial charge in [-0.3, -0.25) is 9.58 Å². The first kappa shape index (κ1) is 26.6. The second-order valence-corrected chi connectivity index (χ2v) is 9.89. The molecule has 1 aliphatic heterocycles. The Kier molecular flexibility index (Phi) is 10.6. The van der Waals surface area contributed by atoms with E-state index in [0.717, 1.165) is 94.0 Å². The van der Waals surface area contributed by atoms with E-state index in [2.05, 4.69) is 61.6 Å². The largest absolute Gasteiger partial charge is 0.366 e. The van der Waals surface area contributed by atoms with Gasteiger partial charge in [-0.25, -0.2) is 0 Å². The molecule has 0 spiro atoms. The van der Waals surface area contributed by atoms with Crippen LogP contribution in [0.3, 0.4) is 0 Å². The average molecular weight is 510 g/mol. The minimum absolute atomic E-state index is 0.733. The first-order chi connectivity index (χ1) is 17.7. The summed E-state index contributed by atoms with van der Waals surface area (Å²) in [5, 5.41) is 19.6. The third kappa shape index (κ3) is 8.61. The molecule has 7 nitrogen and oxygen atoms in total. The Hall–Kier alpha value is -2.42. The summed E-state index contributed by atoms with van der Waals surface area (Å²) >= 11 is 6.03. The van der Waals surface area contributed by atoms with Crippen LogP contribution in [0.1, 0.15) is 24.0 Å². The second kappa shape index (κ2) is 14.4. The maximum atomic E-state index is 6.03. The summed E-state index contributed by atoms with van der Waals surface area (Å²) in [5.74, 6) is 0.994. The quantitative estimate of drug-likeness (QED) is 0.406. The number of hydrogen-bond acceptors (Lipinski definition) is 6. The van der Waals surface area contributed by atoms with Gasteiger partial charge in [0.05, 0.1) is 5.69 Å². The summed E-state index contributed by atoms with van der Waals surface area (Å²) in [5.41, 5.74) is 4.63. The number of rotatable bonds is 6. The molecule has 1 fully saturated rings. The highest BCUT2D eigenvalue weighted by Gasteiger charge is 2.09. The van der Waals surface area contributed by atoms with Crippen LogP contribution in [0.4, 0.5) is 5.82 Å². The Balaban J connectivity index is 1.32. The molecule has 194 valence electrons. The molecule has 0 amide bonds. The molecule has 0 radical (unpaired) electrons. The molecule has 3 aromatic rings. The van der Waals surface area contributed by atoms with Crippen LogP contribution in [-0.4, -0.2) is 67.0 Å². The minimum atomic E-state index is 0.733. The zero-order chi connectivity index (χ0) is 25.0. The normalized spacial score (nSPS) is 16.9. The van der Waals surface area contributed by atoms with E-state index in [1.807, 2.05) is 36.0 Å². The topological polar surface area (TPSA) is 69.2 Å². The average Bonchev–Trinajstić information content (AvgIpc) is 3.26. The van der Waals surface area contributed by atoms with Crippen molar-refractivity contribution in [3.63, 3.8) is 0 Å². The molecule has 0 aliphatic carbocycles. The van der Waals surface area contributed by atoms with Gasteiger partial charge in [-0.15, -0.1) is 0 Å². The van der Waals surface area contributed by atoms with Gasteiger partial charge < -0.3 is 21.3 Å². The van der Waals surface area contributed by atoms with Crippen molar-refractivity contribution in [1.82, 2.24) is 30.6 Å². The third-order valence-corrected chi connectivity index (χ3v) is 6.76. The van der Waals surface area contributed by atoms with Gasteiger partial charge in [0, 0.05) is 63.0 Å². The Morgan fingerprint density at radius 1 is 0.833 bits per heavy atom. The summed E-state index contributed by atoms with van der Waals surface area (Å²) in [4.78, 5) is 2.57. The predicted molar refractivity (Wildman–Crippen MR) is 151 cm³/mol. The van der Waals surface area contributed by atoms with Crippen LogP contribution in [0, 0.1) is 0 Å². The molecule has 8 heteroatoms. The molecule has 1 saturated heterocycles. The van der Waals surface area contributed by atoms with Crippen LogP contribution in [0.5, 0.6) is 0 Å². The second-order valence-electron chi connectivity index (χ2n) is 9.45. The maximum absolute atomic E-state index is 6.03. The zero-order valence-electron chi connectivity index (χ0n) is 21.4. The van der Waals surface area contributed by atoms with E-state index in [1.165, 1.54) is 17.5 Å². The molecular weight excluding hydrogens is 470 g/mol. The summed E-state index contributed by atoms with van der Waals surface area (Å²) < 4.78 is 1.89. The van der Waals surface area contributed by atoms with Crippen molar-refractivity contribution < 1.29 is 0 Å². The maximum Gasteiger partial charge on any atom is 0.124 e. The smallest absolute Gasteiger partial charge is 0.124 e. The summed E-state index contributed by atoms with van der Waals surface area (Å²) in [6.45, 7) is 10.3. The Morgan fingerprint density at radius 2 is 1.56 bits per heavy atom. The van der Waals surface area contributed by atoms with Crippen molar-refractivity contribution in [3.05, 3.63) is 70.7 Å². The highest BCUT2D eigenvalue weighted by atomic mass is 35.5. The van der Waals surface area contributed by atoms with Gasteiger partial charge in [-0.05, 0) is 62.3 Å². The lowest BCUT2D eigenvalue weighted by molar-refractivity contribution is 0.260. The number of benzene rings is 2. The van der Waals surface area contributed by atoms with E-state index in [4.69, 9.17) is 11.6 Å². The fraction of sp³-hybridized carbons (Fsp3) is 0.464. The van der Waals surface area contributed by atoms with Crippen LogP contribution in [0.2, 0.25) is 5.02 Å². The summed E-state index contributed by atoms with van der Waals surface area (Å²) in [6, 6.07) is 18.8. The number of aromatic nitrogens is 2. The lowest BCUT2D eigenvalue weighted by Crippen LogP contribution is -2.36. The molecule has 0 unspecified atom stereocenters. The van der Waals surface area contributed by atoms with Crippen molar-refractivity contribution in [2.24, 2.45) is 7.05 Å². The van der Waals surface area contributed by atoms with Crippen LogP contribution in [0.15, 0.2) is 54.6 Å². The molecular formula is C28H40ClN7. The Bertz CT molecular complexity index is 1040. The monoisotopic (exact) mass is 509 g/mol. The van der Waals surface area contributed by atoms with Gasteiger partial charge in [0.25, 0.3) is 0 Å². The number of anilines is 1. The number of nitrogens with zero attached hydrogens (tertiary/aromatic N) is 3. The van der Waals surface area contributed by atoms with Gasteiger partial charge >= 0.3 is 0 Å². The molecule has 0 saturated carbocycles. The Morgan fingerprint density at radius 3 is 2.36 bits per heavy atom. The molecule has 0 atom stereocenters. The lowest BCUT2D eigenvalue weighted by atomic mass is 10.1. The van der Waals surface area contributed by atoms with Gasteiger partial charge in [0.15, 0.2) is 0 Å². The molecule has 0 bridgehead atoms. The van der Waals surface area contributed by atoms with E-state index in [-0.39, 0.29) is 0 Å². The summed E-state index contributed by atoms with van der Waals surface area (Å²) in [7, 11) is 1.97. The number of halogens is 1. The van der Waals surface area contributed by atoms with Gasteiger partial charge in [0.2, 0.25) is 0 Å². The highest BCUT2D eigenvalue weighted by Crippen LogP contribution is 2.23. The fourth-order valence-corrected chi connectivity index (χ4v) is 4.63. The first-order valence-corrected chi connectivity index (χ1v) is 13.5. The molecule has 1 aliphatic rings. The van der Waals surface area contributed by atoms with Gasteiger partial charge in [-0.1, -0.05) is 48.0 Å². The van der Waals surface area contributed by atoms with Crippen molar-refractivity contribution in [2.45, 2.75) is 25.9 Å². The number of aryl methyl sites for hydroxylation is 1. The molecule has 1 aromatic heterocycles. The van der Waals surface area contributed by atoms with Crippen LogP contribution < -0.4 is 21.3 Å². The fourth-order valence-electron chi connectivity index (χ4n) is 4.51. The number of hydrogen-bond donors (Lipinski definition) is 4. The third-order valence-electron chi connectivity index (χ3n) is 6.51. The van der Waals surface area contributed by atoms with Crippen LogP contribution in [0.25, 0.3) is 11.3 Å². The highest BCUT2D eigenvalue weighted by molar-refractivity contribution is 6.30. The molecule has 2 heterocycles. The van der Waals surface area contributed by atoms with Crippen molar-refractivity contribution in [3.8, 4) is 11.3 Å². The number of nitrogens with one attached hydrogen (secondary N) is 4. The van der Waals surface area contributed by atoms with Crippen LogP contribution >= 0.6 is 11.6 Å². The van der Waals surface area contributed by atoms with Crippen molar-refractivity contribution >= 4 is 17.4 Å². The predicted octanol–water partition coefficient (Wildman–Crippen LogP) is 3.72. The van der Waals surface area contributed by atoms with Crippen LogP contribution in [-0.2, 0) is 20.1 Å². The first-order valence-electron chi connectivity index (χ1n) is 13.1.